The quantitative estimate of drug-likeness (QED) is 0.359. The van der Waals surface area contributed by atoms with Gasteiger partial charge in [-0.15, -0.1) is 0 Å². The SMILES string of the molecule is CC(C)(C)CC(C)(C(=O)OCC(=O)OC1(C2CCCCC2)C2CC3CC1CC(C)(C3)C2)C(C)(C)C. The van der Waals surface area contributed by atoms with Gasteiger partial charge in [0.1, 0.15) is 5.60 Å². The number of ether oxygens (including phenoxy) is 2. The zero-order chi connectivity index (χ0) is 25.9. The third kappa shape index (κ3) is 5.06. The van der Waals surface area contributed by atoms with E-state index in [0.29, 0.717) is 29.6 Å². The van der Waals surface area contributed by atoms with Crippen LogP contribution in [0.25, 0.3) is 0 Å². The Labute approximate surface area is 214 Å². The van der Waals surface area contributed by atoms with Gasteiger partial charge in [-0.1, -0.05) is 67.7 Å². The molecule has 5 saturated carbocycles. The Morgan fingerprint density at radius 2 is 1.40 bits per heavy atom. The summed E-state index contributed by atoms with van der Waals surface area (Å²) < 4.78 is 12.4. The molecule has 5 aliphatic rings. The van der Waals surface area contributed by atoms with Crippen LogP contribution in [-0.2, 0) is 19.1 Å². The lowest BCUT2D eigenvalue weighted by atomic mass is 9.42. The maximum Gasteiger partial charge on any atom is 0.344 e. The lowest BCUT2D eigenvalue weighted by Gasteiger charge is -2.66. The van der Waals surface area contributed by atoms with E-state index in [-0.39, 0.29) is 35.0 Å². The zero-order valence-electron chi connectivity index (χ0n) is 23.9. The first kappa shape index (κ1) is 27.0. The Hall–Kier alpha value is -1.06. The highest BCUT2D eigenvalue weighted by Crippen LogP contribution is 2.67. The first-order valence-electron chi connectivity index (χ1n) is 14.5. The Balaban J connectivity index is 1.50. The minimum atomic E-state index is -0.677. The second-order valence-electron chi connectivity index (χ2n) is 15.7. The van der Waals surface area contributed by atoms with Crippen LogP contribution in [0.3, 0.4) is 0 Å². The predicted octanol–water partition coefficient (Wildman–Crippen LogP) is 7.73. The lowest BCUT2D eigenvalue weighted by Crippen LogP contribution is -2.65. The van der Waals surface area contributed by atoms with Crippen molar-refractivity contribution < 1.29 is 19.1 Å². The predicted molar refractivity (Wildman–Crippen MR) is 140 cm³/mol. The maximum absolute atomic E-state index is 13.4. The first-order valence-corrected chi connectivity index (χ1v) is 14.5. The van der Waals surface area contributed by atoms with E-state index in [1.807, 2.05) is 6.92 Å². The van der Waals surface area contributed by atoms with Gasteiger partial charge in [-0.3, -0.25) is 4.79 Å². The van der Waals surface area contributed by atoms with Gasteiger partial charge in [0.05, 0.1) is 5.41 Å². The van der Waals surface area contributed by atoms with E-state index in [9.17, 15) is 9.59 Å². The molecule has 5 rings (SSSR count). The fourth-order valence-electron chi connectivity index (χ4n) is 9.08. The standard InChI is InChI=1S/C31H52O4/c1-27(2,3)20-30(8,28(4,5)6)26(33)34-19-25(32)35-31(22-12-10-9-11-13-22)23-14-21-15-24(31)18-29(7,16-21)17-23/h21-24H,9-20H2,1-8H3. The minimum Gasteiger partial charge on any atom is -0.456 e. The van der Waals surface area contributed by atoms with Gasteiger partial charge in [0.15, 0.2) is 6.61 Å². The molecule has 0 aromatic heterocycles. The molecule has 0 aromatic rings. The van der Waals surface area contributed by atoms with Gasteiger partial charge in [0.25, 0.3) is 0 Å². The van der Waals surface area contributed by atoms with Crippen molar-refractivity contribution in [3.63, 3.8) is 0 Å². The topological polar surface area (TPSA) is 52.6 Å². The van der Waals surface area contributed by atoms with Crippen LogP contribution in [0, 0.1) is 45.3 Å². The second kappa shape index (κ2) is 9.05. The van der Waals surface area contributed by atoms with E-state index in [0.717, 1.165) is 5.92 Å². The van der Waals surface area contributed by atoms with Crippen molar-refractivity contribution in [3.8, 4) is 0 Å². The Morgan fingerprint density at radius 1 is 0.829 bits per heavy atom. The fourth-order valence-corrected chi connectivity index (χ4v) is 9.08. The van der Waals surface area contributed by atoms with E-state index < -0.39 is 5.41 Å². The van der Waals surface area contributed by atoms with Crippen molar-refractivity contribution >= 4 is 11.9 Å². The van der Waals surface area contributed by atoms with Crippen LogP contribution >= 0.6 is 0 Å². The van der Waals surface area contributed by atoms with E-state index in [2.05, 4.69) is 48.5 Å². The van der Waals surface area contributed by atoms with Crippen LogP contribution in [0.4, 0.5) is 0 Å². The summed E-state index contributed by atoms with van der Waals surface area (Å²) in [6.45, 7) is 16.9. The van der Waals surface area contributed by atoms with Gasteiger partial charge in [0, 0.05) is 11.8 Å². The average molecular weight is 489 g/mol. The largest absolute Gasteiger partial charge is 0.456 e. The molecule has 0 heterocycles. The van der Waals surface area contributed by atoms with E-state index in [1.165, 1.54) is 64.2 Å². The molecule has 3 atom stereocenters. The van der Waals surface area contributed by atoms with Gasteiger partial charge >= 0.3 is 11.9 Å². The third-order valence-electron chi connectivity index (χ3n) is 10.6. The lowest BCUT2D eigenvalue weighted by molar-refractivity contribution is -0.247. The van der Waals surface area contributed by atoms with Crippen molar-refractivity contribution in [3.05, 3.63) is 0 Å². The van der Waals surface area contributed by atoms with Crippen molar-refractivity contribution in [2.75, 3.05) is 6.61 Å². The molecule has 4 bridgehead atoms. The van der Waals surface area contributed by atoms with Crippen LogP contribution in [0.1, 0.15) is 126 Å². The summed E-state index contributed by atoms with van der Waals surface area (Å²) in [5, 5.41) is 0. The number of carbonyl (C=O) groups excluding carboxylic acids is 2. The molecule has 5 fully saturated rings. The fraction of sp³-hybridized carbons (Fsp3) is 0.935. The Morgan fingerprint density at radius 3 is 1.89 bits per heavy atom. The van der Waals surface area contributed by atoms with Crippen LogP contribution in [0.5, 0.6) is 0 Å². The van der Waals surface area contributed by atoms with Gasteiger partial charge in [-0.2, -0.15) is 0 Å². The number of hydrogen-bond donors (Lipinski definition) is 0. The smallest absolute Gasteiger partial charge is 0.344 e. The molecule has 4 heteroatoms. The highest BCUT2D eigenvalue weighted by Gasteiger charge is 2.65. The molecule has 0 N–H and O–H groups in total. The summed E-state index contributed by atoms with van der Waals surface area (Å²) in [5.41, 5.74) is -0.886. The third-order valence-corrected chi connectivity index (χ3v) is 10.6. The summed E-state index contributed by atoms with van der Waals surface area (Å²) in [5.74, 6) is 1.62. The van der Waals surface area contributed by atoms with Gasteiger partial charge < -0.3 is 9.47 Å². The molecule has 0 radical (unpaired) electrons. The molecule has 0 aromatic carbocycles. The van der Waals surface area contributed by atoms with Crippen LogP contribution in [-0.4, -0.2) is 24.1 Å². The molecule has 0 saturated heterocycles. The highest BCUT2D eigenvalue weighted by atomic mass is 16.6. The molecule has 35 heavy (non-hydrogen) atoms. The Kier molecular flexibility index (Phi) is 6.98. The molecule has 0 amide bonds. The van der Waals surface area contributed by atoms with Gasteiger partial charge in [-0.05, 0) is 86.4 Å². The minimum absolute atomic E-state index is 0.0247. The number of carbonyl (C=O) groups is 2. The number of rotatable bonds is 6. The first-order chi connectivity index (χ1) is 16.1. The zero-order valence-corrected chi connectivity index (χ0v) is 23.9. The molecule has 4 nitrogen and oxygen atoms in total. The molecular formula is C31H52O4. The van der Waals surface area contributed by atoms with Crippen LogP contribution in [0.2, 0.25) is 0 Å². The summed E-state index contributed by atoms with van der Waals surface area (Å²) in [6, 6.07) is 0. The normalized spacial score (nSPS) is 37.1. The highest BCUT2D eigenvalue weighted by molar-refractivity contribution is 5.81. The van der Waals surface area contributed by atoms with E-state index in [1.54, 1.807) is 0 Å². The Bertz CT molecular complexity index is 793. The molecule has 3 unspecified atom stereocenters. The summed E-state index contributed by atoms with van der Waals surface area (Å²) in [6.07, 6.45) is 13.0. The van der Waals surface area contributed by atoms with Crippen molar-refractivity contribution in [1.29, 1.82) is 0 Å². The van der Waals surface area contributed by atoms with Crippen LogP contribution in [0.15, 0.2) is 0 Å². The molecule has 0 spiro atoms. The average Bonchev–Trinajstić information content (AvgIpc) is 2.72. The van der Waals surface area contributed by atoms with Crippen molar-refractivity contribution in [2.45, 2.75) is 132 Å². The van der Waals surface area contributed by atoms with Gasteiger partial charge in [0.2, 0.25) is 0 Å². The molecular weight excluding hydrogens is 436 g/mol. The monoisotopic (exact) mass is 488 g/mol. The maximum atomic E-state index is 13.4. The van der Waals surface area contributed by atoms with E-state index >= 15 is 0 Å². The second-order valence-corrected chi connectivity index (χ2v) is 15.7. The van der Waals surface area contributed by atoms with Crippen molar-refractivity contribution in [1.82, 2.24) is 0 Å². The number of hydrogen-bond acceptors (Lipinski definition) is 4. The van der Waals surface area contributed by atoms with Gasteiger partial charge in [-0.25, -0.2) is 4.79 Å². The number of esters is 2. The molecule has 200 valence electrons. The molecule has 0 aliphatic heterocycles. The van der Waals surface area contributed by atoms with Crippen LogP contribution < -0.4 is 0 Å². The summed E-state index contributed by atoms with van der Waals surface area (Å²) in [7, 11) is 0. The molecule has 5 aliphatic carbocycles. The van der Waals surface area contributed by atoms with Crippen molar-refractivity contribution in [2.24, 2.45) is 45.3 Å². The summed E-state index contributed by atoms with van der Waals surface area (Å²) in [4.78, 5) is 26.9. The summed E-state index contributed by atoms with van der Waals surface area (Å²) >= 11 is 0. The van der Waals surface area contributed by atoms with E-state index in [4.69, 9.17) is 9.47 Å².